The number of fused-ring (bicyclic) bond motifs is 1. The Labute approximate surface area is 170 Å². The highest BCUT2D eigenvalue weighted by atomic mass is 32.1. The van der Waals surface area contributed by atoms with Crippen molar-refractivity contribution in [3.63, 3.8) is 0 Å². The lowest BCUT2D eigenvalue weighted by atomic mass is 10.0. The summed E-state index contributed by atoms with van der Waals surface area (Å²) in [4.78, 5) is 16.2. The first-order chi connectivity index (χ1) is 13.7. The molecular weight excluding hydrogens is 368 g/mol. The molecule has 1 saturated heterocycles. The van der Waals surface area contributed by atoms with E-state index in [1.165, 1.54) is 23.8 Å². The fraction of sp³-hybridized carbons (Fsp3) is 0.348. The quantitative estimate of drug-likeness (QED) is 0.654. The Balaban J connectivity index is 1.54. The van der Waals surface area contributed by atoms with Crippen LogP contribution >= 0.6 is 11.3 Å². The first kappa shape index (κ1) is 19.0. The molecule has 3 aromatic rings. The summed E-state index contributed by atoms with van der Waals surface area (Å²) in [6.07, 6.45) is 2.42. The third-order valence-electron chi connectivity index (χ3n) is 5.57. The lowest BCUT2D eigenvalue weighted by Gasteiger charge is -2.28. The summed E-state index contributed by atoms with van der Waals surface area (Å²) in [6, 6.07) is 16.6. The highest BCUT2D eigenvalue weighted by molar-refractivity contribution is 7.21. The number of aryl methyl sites for hydroxylation is 1. The molecule has 4 nitrogen and oxygen atoms in total. The summed E-state index contributed by atoms with van der Waals surface area (Å²) in [5.41, 5.74) is 2.26. The number of ether oxygens (including phenoxy) is 1. The molecule has 0 saturated carbocycles. The van der Waals surface area contributed by atoms with Crippen LogP contribution in [0.15, 0.2) is 48.5 Å². The van der Waals surface area contributed by atoms with E-state index in [0.717, 1.165) is 34.0 Å². The normalized spacial score (nSPS) is 15.6. The Morgan fingerprint density at radius 1 is 1.18 bits per heavy atom. The van der Waals surface area contributed by atoms with Gasteiger partial charge in [0.1, 0.15) is 5.75 Å². The van der Waals surface area contributed by atoms with E-state index < -0.39 is 0 Å². The van der Waals surface area contributed by atoms with Gasteiger partial charge in [-0.2, -0.15) is 0 Å². The Morgan fingerprint density at radius 3 is 2.71 bits per heavy atom. The summed E-state index contributed by atoms with van der Waals surface area (Å²) in [5.74, 6) is 0.874. The Morgan fingerprint density at radius 2 is 1.96 bits per heavy atom. The zero-order valence-electron chi connectivity index (χ0n) is 16.4. The highest BCUT2D eigenvalue weighted by Crippen LogP contribution is 2.31. The van der Waals surface area contributed by atoms with Crippen molar-refractivity contribution in [3.05, 3.63) is 64.5 Å². The van der Waals surface area contributed by atoms with E-state index in [1.807, 2.05) is 31.2 Å². The largest absolute Gasteiger partial charge is 0.497 e. The van der Waals surface area contributed by atoms with Crippen LogP contribution in [-0.2, 0) is 0 Å². The minimum absolute atomic E-state index is 0.0193. The summed E-state index contributed by atoms with van der Waals surface area (Å²) >= 11 is 1.57. The Kier molecular flexibility index (Phi) is 5.64. The number of hydrogen-bond acceptors (Lipinski definition) is 4. The van der Waals surface area contributed by atoms with Crippen LogP contribution in [0.3, 0.4) is 0 Å². The molecule has 2 heterocycles. The maximum absolute atomic E-state index is 13.0. The van der Waals surface area contributed by atoms with E-state index in [0.29, 0.717) is 6.54 Å². The van der Waals surface area contributed by atoms with Crippen LogP contribution in [0.25, 0.3) is 10.1 Å². The second-order valence-corrected chi connectivity index (χ2v) is 8.35. The number of nitrogens with one attached hydrogen (secondary N) is 1. The average Bonchev–Trinajstić information content (AvgIpc) is 3.37. The van der Waals surface area contributed by atoms with Crippen molar-refractivity contribution in [3.8, 4) is 5.75 Å². The zero-order valence-corrected chi connectivity index (χ0v) is 17.2. The Hall–Kier alpha value is -2.37. The van der Waals surface area contributed by atoms with Crippen molar-refractivity contribution in [1.82, 2.24) is 10.2 Å². The lowest BCUT2D eigenvalue weighted by molar-refractivity contribution is 0.0941. The molecule has 1 atom stereocenters. The molecule has 1 N–H and O–H groups in total. The number of benzene rings is 2. The van der Waals surface area contributed by atoms with Crippen LogP contribution in [0.2, 0.25) is 0 Å². The molecule has 1 fully saturated rings. The van der Waals surface area contributed by atoms with Gasteiger partial charge in [0.25, 0.3) is 5.91 Å². The van der Waals surface area contributed by atoms with E-state index >= 15 is 0 Å². The van der Waals surface area contributed by atoms with Gasteiger partial charge in [-0.3, -0.25) is 9.69 Å². The second-order valence-electron chi connectivity index (χ2n) is 7.30. The summed E-state index contributed by atoms with van der Waals surface area (Å²) < 4.78 is 6.57. The van der Waals surface area contributed by atoms with E-state index in [2.05, 4.69) is 34.5 Å². The van der Waals surface area contributed by atoms with Gasteiger partial charge in [-0.1, -0.05) is 30.3 Å². The number of nitrogens with zero attached hydrogens (tertiary/aromatic N) is 1. The summed E-state index contributed by atoms with van der Waals surface area (Å²) in [5, 5.41) is 4.37. The number of methoxy groups -OCH3 is 1. The minimum atomic E-state index is 0.0193. The van der Waals surface area contributed by atoms with Crippen LogP contribution in [0, 0.1) is 6.92 Å². The number of thiophene rings is 1. The molecular formula is C23H26N2O2S. The van der Waals surface area contributed by atoms with Crippen LogP contribution in [-0.4, -0.2) is 37.6 Å². The third-order valence-corrected chi connectivity index (χ3v) is 6.84. The van der Waals surface area contributed by atoms with Crippen molar-refractivity contribution in [2.75, 3.05) is 26.7 Å². The van der Waals surface area contributed by atoms with E-state index in [-0.39, 0.29) is 11.9 Å². The van der Waals surface area contributed by atoms with Gasteiger partial charge in [0.05, 0.1) is 18.0 Å². The molecule has 0 spiro atoms. The molecule has 4 rings (SSSR count). The zero-order chi connectivity index (χ0) is 19.5. The number of hydrogen-bond donors (Lipinski definition) is 1. The third kappa shape index (κ3) is 3.77. The Bertz CT molecular complexity index is 976. The minimum Gasteiger partial charge on any atom is -0.497 e. The number of carbonyl (C=O) groups excluding carboxylic acids is 1. The average molecular weight is 395 g/mol. The molecule has 1 amide bonds. The molecule has 2 aromatic carbocycles. The highest BCUT2D eigenvalue weighted by Gasteiger charge is 2.25. The van der Waals surface area contributed by atoms with Crippen molar-refractivity contribution >= 4 is 27.3 Å². The molecule has 28 heavy (non-hydrogen) atoms. The van der Waals surface area contributed by atoms with Crippen molar-refractivity contribution in [2.45, 2.75) is 25.8 Å². The molecule has 1 aliphatic heterocycles. The standard InChI is InChI=1S/C23H26N2O2S/c1-16-19-10-3-4-11-21(19)28-22(16)23(26)24-15-20(25-12-5-6-13-25)17-8-7-9-18(14-17)27-2/h3-4,7-11,14,20H,5-6,12-13,15H2,1-2H3,(H,24,26). The number of likely N-dealkylation sites (tertiary alicyclic amines) is 1. The fourth-order valence-electron chi connectivity index (χ4n) is 4.02. The fourth-order valence-corrected chi connectivity index (χ4v) is 5.15. The van der Waals surface area contributed by atoms with Crippen molar-refractivity contribution in [1.29, 1.82) is 0 Å². The molecule has 1 aliphatic rings. The summed E-state index contributed by atoms with van der Waals surface area (Å²) in [7, 11) is 1.69. The summed E-state index contributed by atoms with van der Waals surface area (Å²) in [6.45, 7) is 4.77. The SMILES string of the molecule is COc1cccc(C(CNC(=O)c2sc3ccccc3c2C)N2CCCC2)c1. The van der Waals surface area contributed by atoms with Gasteiger partial charge in [-0.05, 0) is 67.6 Å². The monoisotopic (exact) mass is 394 g/mol. The smallest absolute Gasteiger partial charge is 0.261 e. The van der Waals surface area contributed by atoms with Crippen LogP contribution in [0.4, 0.5) is 0 Å². The van der Waals surface area contributed by atoms with Crippen molar-refractivity contribution in [2.24, 2.45) is 0 Å². The maximum atomic E-state index is 13.0. The predicted molar refractivity (Wildman–Crippen MR) is 115 cm³/mol. The molecule has 0 bridgehead atoms. The van der Waals surface area contributed by atoms with Crippen LogP contribution in [0.1, 0.15) is 39.7 Å². The predicted octanol–water partition coefficient (Wildman–Crippen LogP) is 4.79. The molecule has 5 heteroatoms. The number of rotatable bonds is 6. The molecule has 0 aliphatic carbocycles. The second kappa shape index (κ2) is 8.33. The van der Waals surface area contributed by atoms with Gasteiger partial charge in [0, 0.05) is 11.2 Å². The van der Waals surface area contributed by atoms with E-state index in [1.54, 1.807) is 18.4 Å². The molecule has 1 aromatic heterocycles. The van der Waals surface area contributed by atoms with E-state index in [9.17, 15) is 4.79 Å². The van der Waals surface area contributed by atoms with Crippen LogP contribution < -0.4 is 10.1 Å². The first-order valence-corrected chi connectivity index (χ1v) is 10.6. The lowest BCUT2D eigenvalue weighted by Crippen LogP contribution is -2.36. The molecule has 1 unspecified atom stereocenters. The van der Waals surface area contributed by atoms with E-state index in [4.69, 9.17) is 4.74 Å². The van der Waals surface area contributed by atoms with Gasteiger partial charge in [0.15, 0.2) is 0 Å². The van der Waals surface area contributed by atoms with Gasteiger partial charge in [0.2, 0.25) is 0 Å². The van der Waals surface area contributed by atoms with Gasteiger partial charge < -0.3 is 10.1 Å². The van der Waals surface area contributed by atoms with Crippen molar-refractivity contribution < 1.29 is 9.53 Å². The van der Waals surface area contributed by atoms with Gasteiger partial charge >= 0.3 is 0 Å². The topological polar surface area (TPSA) is 41.6 Å². The first-order valence-electron chi connectivity index (χ1n) is 9.81. The van der Waals surface area contributed by atoms with Crippen LogP contribution in [0.5, 0.6) is 5.75 Å². The molecule has 0 radical (unpaired) electrons. The number of carbonyl (C=O) groups is 1. The molecule has 146 valence electrons. The van der Waals surface area contributed by atoms with Gasteiger partial charge in [-0.25, -0.2) is 0 Å². The number of amides is 1. The van der Waals surface area contributed by atoms with Gasteiger partial charge in [-0.15, -0.1) is 11.3 Å². The maximum Gasteiger partial charge on any atom is 0.261 e.